The molecule has 1 fully saturated rings. The zero-order valence-electron chi connectivity index (χ0n) is 13.4. The van der Waals surface area contributed by atoms with Crippen molar-refractivity contribution in [2.75, 3.05) is 38.5 Å². The highest BCUT2D eigenvalue weighted by molar-refractivity contribution is 7.16. The lowest BCUT2D eigenvalue weighted by Crippen LogP contribution is -2.56. The third-order valence-corrected chi connectivity index (χ3v) is 5.44. The average molecular weight is 329 g/mol. The van der Waals surface area contributed by atoms with Gasteiger partial charge in [-0.3, -0.25) is 0 Å². The third kappa shape index (κ3) is 2.73. The first-order valence-corrected chi connectivity index (χ1v) is 8.71. The minimum absolute atomic E-state index is 0.0914. The SMILES string of the molecule is Cc1cc2c(s1)Nc1ccccc1N=C2N1CC[N+](C)(O)CC1. The van der Waals surface area contributed by atoms with E-state index in [0.29, 0.717) is 13.1 Å². The van der Waals surface area contributed by atoms with Gasteiger partial charge in [-0.25, -0.2) is 10.2 Å². The molecule has 0 unspecified atom stereocenters. The van der Waals surface area contributed by atoms with Crippen LogP contribution in [0.25, 0.3) is 0 Å². The molecule has 0 radical (unpaired) electrons. The number of aliphatic imine (C=N–C) groups is 1. The minimum Gasteiger partial charge on any atom is -0.345 e. The number of para-hydroxylation sites is 2. The molecule has 6 heteroatoms. The van der Waals surface area contributed by atoms with Gasteiger partial charge in [0, 0.05) is 4.88 Å². The number of fused-ring (bicyclic) bond motifs is 2. The Bertz CT molecular complexity index is 771. The van der Waals surface area contributed by atoms with Crippen LogP contribution in [0.5, 0.6) is 0 Å². The number of benzene rings is 1. The van der Waals surface area contributed by atoms with E-state index >= 15 is 0 Å². The molecule has 1 saturated heterocycles. The summed E-state index contributed by atoms with van der Waals surface area (Å²) in [6, 6.07) is 10.4. The second-order valence-corrected chi connectivity index (χ2v) is 7.71. The molecule has 0 spiro atoms. The summed E-state index contributed by atoms with van der Waals surface area (Å²) < 4.78 is 0.0914. The maximum absolute atomic E-state index is 10.2. The fourth-order valence-electron chi connectivity index (χ4n) is 3.10. The van der Waals surface area contributed by atoms with Crippen LogP contribution >= 0.6 is 11.3 Å². The lowest BCUT2D eigenvalue weighted by atomic mass is 10.2. The van der Waals surface area contributed by atoms with Crippen LogP contribution in [0, 0.1) is 6.92 Å². The number of aryl methyl sites for hydroxylation is 1. The molecule has 0 saturated carbocycles. The molecule has 2 aliphatic heterocycles. The van der Waals surface area contributed by atoms with Crippen molar-refractivity contribution in [1.29, 1.82) is 0 Å². The highest BCUT2D eigenvalue weighted by Crippen LogP contribution is 2.39. The number of piperazine rings is 1. The summed E-state index contributed by atoms with van der Waals surface area (Å²) in [5.74, 6) is 1.02. The Morgan fingerprint density at radius 3 is 2.78 bits per heavy atom. The van der Waals surface area contributed by atoms with E-state index < -0.39 is 0 Å². The molecule has 120 valence electrons. The fourth-order valence-corrected chi connectivity index (χ4v) is 4.02. The molecule has 2 aliphatic rings. The lowest BCUT2D eigenvalue weighted by Gasteiger charge is -2.37. The number of thiophene rings is 1. The maximum atomic E-state index is 10.2. The van der Waals surface area contributed by atoms with E-state index in [9.17, 15) is 5.21 Å². The maximum Gasteiger partial charge on any atom is 0.140 e. The van der Waals surface area contributed by atoms with Crippen molar-refractivity contribution in [2.24, 2.45) is 4.99 Å². The smallest absolute Gasteiger partial charge is 0.140 e. The van der Waals surface area contributed by atoms with E-state index in [0.717, 1.165) is 40.9 Å². The number of rotatable bonds is 0. The van der Waals surface area contributed by atoms with Gasteiger partial charge in [-0.15, -0.1) is 11.3 Å². The molecule has 3 heterocycles. The Morgan fingerprint density at radius 1 is 1.26 bits per heavy atom. The molecule has 0 aliphatic carbocycles. The highest BCUT2D eigenvalue weighted by atomic mass is 32.1. The van der Waals surface area contributed by atoms with E-state index in [2.05, 4.69) is 29.3 Å². The molecule has 0 bridgehead atoms. The summed E-state index contributed by atoms with van der Waals surface area (Å²) in [6.07, 6.45) is 0. The molecule has 4 rings (SSSR count). The third-order valence-electron chi connectivity index (χ3n) is 4.48. The minimum atomic E-state index is 0.0914. The van der Waals surface area contributed by atoms with E-state index in [1.807, 2.05) is 25.2 Å². The average Bonchev–Trinajstić information content (AvgIpc) is 2.80. The van der Waals surface area contributed by atoms with Gasteiger partial charge in [0.15, 0.2) is 0 Å². The molecule has 5 nitrogen and oxygen atoms in total. The van der Waals surface area contributed by atoms with Gasteiger partial charge in [0.1, 0.15) is 23.9 Å². The van der Waals surface area contributed by atoms with Crippen molar-refractivity contribution in [3.63, 3.8) is 0 Å². The zero-order chi connectivity index (χ0) is 16.0. The Kier molecular flexibility index (Phi) is 3.41. The van der Waals surface area contributed by atoms with Crippen LogP contribution in [-0.4, -0.2) is 53.8 Å². The topological polar surface area (TPSA) is 47.9 Å². The normalized spacial score (nSPS) is 19.3. The molecule has 1 aromatic carbocycles. The van der Waals surface area contributed by atoms with Gasteiger partial charge in [0.25, 0.3) is 0 Å². The summed E-state index contributed by atoms with van der Waals surface area (Å²) in [7, 11) is 1.86. The predicted molar refractivity (Wildman–Crippen MR) is 94.3 cm³/mol. The van der Waals surface area contributed by atoms with Crippen LogP contribution in [0.1, 0.15) is 10.4 Å². The number of quaternary nitrogens is 1. The number of nitrogens with one attached hydrogen (secondary N) is 1. The van der Waals surface area contributed by atoms with E-state index in [1.54, 1.807) is 11.3 Å². The first kappa shape index (κ1) is 14.7. The number of hydroxylamine groups is 3. The van der Waals surface area contributed by atoms with Crippen LogP contribution < -0.4 is 5.32 Å². The molecule has 1 aromatic heterocycles. The molecular weight excluding hydrogens is 308 g/mol. The van der Waals surface area contributed by atoms with Crippen LogP contribution in [0.4, 0.5) is 16.4 Å². The largest absolute Gasteiger partial charge is 0.345 e. The molecule has 0 amide bonds. The molecular formula is C17H21N4OS+. The van der Waals surface area contributed by atoms with Crippen molar-refractivity contribution in [2.45, 2.75) is 6.92 Å². The Balaban J connectivity index is 1.78. The summed E-state index contributed by atoms with van der Waals surface area (Å²) in [5.41, 5.74) is 3.18. The number of likely N-dealkylation sites (N-methyl/N-ethyl adjacent to an activating group) is 1. The summed E-state index contributed by atoms with van der Waals surface area (Å²) in [4.78, 5) is 8.53. The second kappa shape index (κ2) is 5.33. The van der Waals surface area contributed by atoms with E-state index in [1.165, 1.54) is 4.88 Å². The van der Waals surface area contributed by atoms with Crippen LogP contribution in [0.2, 0.25) is 0 Å². The van der Waals surface area contributed by atoms with Gasteiger partial charge in [-0.05, 0) is 25.1 Å². The van der Waals surface area contributed by atoms with Crippen LogP contribution in [0.3, 0.4) is 0 Å². The van der Waals surface area contributed by atoms with Gasteiger partial charge in [0.05, 0.1) is 37.1 Å². The van der Waals surface area contributed by atoms with Crippen LogP contribution in [0.15, 0.2) is 35.3 Å². The first-order chi connectivity index (χ1) is 11.0. The number of anilines is 2. The monoisotopic (exact) mass is 329 g/mol. The van der Waals surface area contributed by atoms with E-state index in [4.69, 9.17) is 4.99 Å². The molecule has 2 aromatic rings. The number of nitrogens with zero attached hydrogens (tertiary/aromatic N) is 3. The molecule has 2 N–H and O–H groups in total. The predicted octanol–water partition coefficient (Wildman–Crippen LogP) is 3.34. The Morgan fingerprint density at radius 2 is 2.00 bits per heavy atom. The van der Waals surface area contributed by atoms with Gasteiger partial charge in [-0.1, -0.05) is 12.1 Å². The van der Waals surface area contributed by atoms with E-state index in [-0.39, 0.29) is 4.65 Å². The summed E-state index contributed by atoms with van der Waals surface area (Å²) in [5, 5.41) is 14.8. The van der Waals surface area contributed by atoms with Crippen molar-refractivity contribution in [3.05, 3.63) is 40.8 Å². The number of hydrogen-bond acceptors (Lipinski definition) is 5. The fraction of sp³-hybridized carbons (Fsp3) is 0.353. The van der Waals surface area contributed by atoms with Crippen molar-refractivity contribution < 1.29 is 9.85 Å². The summed E-state index contributed by atoms with van der Waals surface area (Å²) in [6.45, 7) is 5.17. The van der Waals surface area contributed by atoms with Gasteiger partial charge in [0.2, 0.25) is 0 Å². The summed E-state index contributed by atoms with van der Waals surface area (Å²) >= 11 is 1.76. The van der Waals surface area contributed by atoms with Crippen molar-refractivity contribution in [1.82, 2.24) is 4.90 Å². The zero-order valence-corrected chi connectivity index (χ0v) is 14.2. The Labute approximate surface area is 140 Å². The molecule has 0 atom stereocenters. The van der Waals surface area contributed by atoms with Crippen molar-refractivity contribution >= 4 is 33.5 Å². The van der Waals surface area contributed by atoms with Crippen molar-refractivity contribution in [3.8, 4) is 0 Å². The van der Waals surface area contributed by atoms with Crippen LogP contribution in [-0.2, 0) is 0 Å². The lowest BCUT2D eigenvalue weighted by molar-refractivity contribution is -1.09. The molecule has 23 heavy (non-hydrogen) atoms. The first-order valence-electron chi connectivity index (χ1n) is 7.90. The van der Waals surface area contributed by atoms with Gasteiger partial charge >= 0.3 is 0 Å². The Hall–Kier alpha value is -1.89. The van der Waals surface area contributed by atoms with Gasteiger partial charge < -0.3 is 10.2 Å². The standard InChI is InChI=1S/C17H21N4OS/c1-12-11-13-16(20-7-9-21(2,22)10-8-20)18-14-5-3-4-6-15(14)19-17(13)23-12/h3-6,11,19,22H,7-10H2,1-2H3/q+1. The van der Waals surface area contributed by atoms with Gasteiger partial charge in [-0.2, -0.15) is 4.65 Å². The second-order valence-electron chi connectivity index (χ2n) is 6.45. The quantitative estimate of drug-likeness (QED) is 0.729. The number of hydrogen-bond donors (Lipinski definition) is 2. The highest BCUT2D eigenvalue weighted by Gasteiger charge is 2.31. The number of amidine groups is 1.